The first-order valence-corrected chi connectivity index (χ1v) is 8.85. The number of rotatable bonds is 4. The number of carbonyl (C=O) groups excluding carboxylic acids is 1. The summed E-state index contributed by atoms with van der Waals surface area (Å²) in [5.74, 6) is 1.40. The van der Waals surface area contributed by atoms with Crippen LogP contribution in [0.1, 0.15) is 31.9 Å². The van der Waals surface area contributed by atoms with Crippen LogP contribution < -0.4 is 0 Å². The van der Waals surface area contributed by atoms with Crippen LogP contribution in [-0.4, -0.2) is 50.8 Å². The minimum absolute atomic E-state index is 0.142. The third-order valence-electron chi connectivity index (χ3n) is 4.25. The van der Waals surface area contributed by atoms with Gasteiger partial charge in [0.25, 0.3) is 0 Å². The van der Waals surface area contributed by atoms with E-state index in [1.165, 1.54) is 0 Å². The van der Waals surface area contributed by atoms with Gasteiger partial charge in [0.1, 0.15) is 0 Å². The number of aromatic nitrogens is 2. The molecule has 0 saturated carbocycles. The zero-order chi connectivity index (χ0) is 14.7. The summed E-state index contributed by atoms with van der Waals surface area (Å²) in [5, 5.41) is 4.50. The molecular weight excluding hydrogens is 286 g/mol. The number of hydrogen-bond acceptors (Lipinski definition) is 4. The van der Waals surface area contributed by atoms with Crippen molar-refractivity contribution in [3.05, 3.63) is 18.0 Å². The molecule has 0 radical (unpaired) electrons. The van der Waals surface area contributed by atoms with Gasteiger partial charge in [-0.3, -0.25) is 9.48 Å². The summed E-state index contributed by atoms with van der Waals surface area (Å²) in [6.45, 7) is 4.85. The number of hydrogen-bond donors (Lipinski definition) is 0. The molecule has 1 aromatic rings. The molecule has 0 bridgehead atoms. The predicted molar refractivity (Wildman–Crippen MR) is 83.2 cm³/mol. The van der Waals surface area contributed by atoms with Crippen molar-refractivity contribution in [3.8, 4) is 0 Å². The molecule has 1 fully saturated rings. The minimum Gasteiger partial charge on any atom is -0.380 e. The molecular formula is C15H23N3O2S. The molecule has 3 heterocycles. The SMILES string of the molecule is CCOC[C@@H]1CCn2nccc2CN1C(=O)[C@@H]1CCCS1. The van der Waals surface area contributed by atoms with Gasteiger partial charge in [-0.05, 0) is 38.0 Å². The van der Waals surface area contributed by atoms with Crippen LogP contribution in [0.3, 0.4) is 0 Å². The van der Waals surface area contributed by atoms with Gasteiger partial charge in [-0.15, -0.1) is 11.8 Å². The molecule has 1 saturated heterocycles. The molecule has 0 aliphatic carbocycles. The molecule has 0 spiro atoms. The van der Waals surface area contributed by atoms with Gasteiger partial charge in [0.15, 0.2) is 0 Å². The molecule has 0 aromatic carbocycles. The van der Waals surface area contributed by atoms with Crippen LogP contribution in [0.2, 0.25) is 0 Å². The average molecular weight is 309 g/mol. The van der Waals surface area contributed by atoms with E-state index in [1.54, 1.807) is 11.8 Å². The third kappa shape index (κ3) is 3.26. The van der Waals surface area contributed by atoms with Crippen LogP contribution >= 0.6 is 11.8 Å². The van der Waals surface area contributed by atoms with E-state index in [1.807, 2.05) is 28.8 Å². The van der Waals surface area contributed by atoms with Crippen LogP contribution in [0.15, 0.2) is 12.3 Å². The second-order valence-electron chi connectivity index (χ2n) is 5.62. The van der Waals surface area contributed by atoms with E-state index in [4.69, 9.17) is 4.74 Å². The van der Waals surface area contributed by atoms with Crippen LogP contribution in [0.4, 0.5) is 0 Å². The van der Waals surface area contributed by atoms with Crippen LogP contribution in [-0.2, 0) is 22.6 Å². The number of fused-ring (bicyclic) bond motifs is 1. The highest BCUT2D eigenvalue weighted by Gasteiger charge is 2.34. The van der Waals surface area contributed by atoms with Gasteiger partial charge >= 0.3 is 0 Å². The Morgan fingerprint density at radius 1 is 1.52 bits per heavy atom. The number of nitrogens with zero attached hydrogens (tertiary/aromatic N) is 3. The van der Waals surface area contributed by atoms with Crippen molar-refractivity contribution in [2.45, 2.75) is 50.6 Å². The lowest BCUT2D eigenvalue weighted by Gasteiger charge is -2.31. The van der Waals surface area contributed by atoms with Crippen LogP contribution in [0.5, 0.6) is 0 Å². The maximum Gasteiger partial charge on any atom is 0.236 e. The maximum atomic E-state index is 12.9. The van der Waals surface area contributed by atoms with Gasteiger partial charge < -0.3 is 9.64 Å². The van der Waals surface area contributed by atoms with Gasteiger partial charge in [-0.25, -0.2) is 0 Å². The molecule has 1 amide bonds. The van der Waals surface area contributed by atoms with Gasteiger partial charge in [0, 0.05) is 19.3 Å². The molecule has 2 aliphatic rings. The summed E-state index contributed by atoms with van der Waals surface area (Å²) in [7, 11) is 0. The molecule has 21 heavy (non-hydrogen) atoms. The molecule has 1 aromatic heterocycles. The normalized spacial score (nSPS) is 25.7. The predicted octanol–water partition coefficient (Wildman–Crippen LogP) is 1.92. The number of carbonyl (C=O) groups is 1. The number of ether oxygens (including phenoxy) is 1. The maximum absolute atomic E-state index is 12.9. The average Bonchev–Trinajstić information content (AvgIpc) is 3.14. The van der Waals surface area contributed by atoms with E-state index in [2.05, 4.69) is 5.10 Å². The second kappa shape index (κ2) is 6.83. The van der Waals surface area contributed by atoms with Gasteiger partial charge in [0.05, 0.1) is 30.1 Å². The summed E-state index contributed by atoms with van der Waals surface area (Å²) in [6, 6.07) is 2.19. The lowest BCUT2D eigenvalue weighted by molar-refractivity contribution is -0.135. The Labute approximate surface area is 130 Å². The molecule has 6 heteroatoms. The van der Waals surface area contributed by atoms with E-state index in [0.29, 0.717) is 19.8 Å². The zero-order valence-electron chi connectivity index (χ0n) is 12.5. The Morgan fingerprint density at radius 2 is 2.43 bits per heavy atom. The topological polar surface area (TPSA) is 47.4 Å². The van der Waals surface area contributed by atoms with E-state index in [0.717, 1.165) is 37.3 Å². The second-order valence-corrected chi connectivity index (χ2v) is 6.93. The Hall–Kier alpha value is -1.01. The summed E-state index contributed by atoms with van der Waals surface area (Å²) in [5.41, 5.74) is 1.13. The first kappa shape index (κ1) is 14.9. The Balaban J connectivity index is 1.78. The quantitative estimate of drug-likeness (QED) is 0.852. The molecule has 5 nitrogen and oxygen atoms in total. The van der Waals surface area contributed by atoms with Crippen molar-refractivity contribution in [2.24, 2.45) is 0 Å². The van der Waals surface area contributed by atoms with E-state index < -0.39 is 0 Å². The van der Waals surface area contributed by atoms with Crippen molar-refractivity contribution >= 4 is 17.7 Å². The van der Waals surface area contributed by atoms with Crippen molar-refractivity contribution in [1.82, 2.24) is 14.7 Å². The Bertz CT molecular complexity index is 485. The molecule has 2 aliphatic heterocycles. The number of thioether (sulfide) groups is 1. The summed E-state index contributed by atoms with van der Waals surface area (Å²) < 4.78 is 7.64. The summed E-state index contributed by atoms with van der Waals surface area (Å²) in [4.78, 5) is 14.9. The lowest BCUT2D eigenvalue weighted by atomic mass is 10.1. The van der Waals surface area contributed by atoms with E-state index >= 15 is 0 Å². The van der Waals surface area contributed by atoms with Crippen LogP contribution in [0.25, 0.3) is 0 Å². The fourth-order valence-corrected chi connectivity index (χ4v) is 4.30. The highest BCUT2D eigenvalue weighted by atomic mass is 32.2. The number of aryl methyl sites for hydroxylation is 1. The van der Waals surface area contributed by atoms with E-state index in [-0.39, 0.29) is 17.2 Å². The van der Waals surface area contributed by atoms with Gasteiger partial charge in [-0.2, -0.15) is 5.10 Å². The molecule has 2 atom stereocenters. The monoisotopic (exact) mass is 309 g/mol. The van der Waals surface area contributed by atoms with Crippen molar-refractivity contribution in [1.29, 1.82) is 0 Å². The molecule has 3 rings (SSSR count). The summed E-state index contributed by atoms with van der Waals surface area (Å²) >= 11 is 1.81. The largest absolute Gasteiger partial charge is 0.380 e. The lowest BCUT2D eigenvalue weighted by Crippen LogP contribution is -2.45. The summed E-state index contributed by atoms with van der Waals surface area (Å²) in [6.07, 6.45) is 4.91. The van der Waals surface area contributed by atoms with E-state index in [9.17, 15) is 4.79 Å². The first-order chi connectivity index (χ1) is 10.3. The van der Waals surface area contributed by atoms with Gasteiger partial charge in [-0.1, -0.05) is 0 Å². The van der Waals surface area contributed by atoms with Gasteiger partial charge in [0.2, 0.25) is 5.91 Å². The van der Waals surface area contributed by atoms with Crippen molar-refractivity contribution < 1.29 is 9.53 Å². The molecule has 116 valence electrons. The smallest absolute Gasteiger partial charge is 0.236 e. The fourth-order valence-electron chi connectivity index (χ4n) is 3.07. The van der Waals surface area contributed by atoms with Crippen LogP contribution in [0, 0.1) is 0 Å². The Morgan fingerprint density at radius 3 is 3.19 bits per heavy atom. The number of amides is 1. The first-order valence-electron chi connectivity index (χ1n) is 7.80. The standard InChI is InChI=1S/C15H23N3O2S/c1-2-20-11-13-6-8-18-12(5-7-16-18)10-17(13)15(19)14-4-3-9-21-14/h5,7,13-14H,2-4,6,8-11H2,1H3/t13-,14-/m0/s1. The highest BCUT2D eigenvalue weighted by molar-refractivity contribution is 8.00. The highest BCUT2D eigenvalue weighted by Crippen LogP contribution is 2.30. The van der Waals surface area contributed by atoms with Crippen molar-refractivity contribution in [2.75, 3.05) is 19.0 Å². The molecule has 0 N–H and O–H groups in total. The van der Waals surface area contributed by atoms with Crippen molar-refractivity contribution in [3.63, 3.8) is 0 Å². The third-order valence-corrected chi connectivity index (χ3v) is 5.62. The minimum atomic E-state index is 0.142. The Kier molecular flexibility index (Phi) is 4.85. The molecule has 0 unspecified atom stereocenters. The zero-order valence-corrected chi connectivity index (χ0v) is 13.3. The fraction of sp³-hybridized carbons (Fsp3) is 0.733.